The molecule has 0 saturated heterocycles. The molecule has 1 saturated carbocycles. The highest BCUT2D eigenvalue weighted by Gasteiger charge is 2.40. The summed E-state index contributed by atoms with van der Waals surface area (Å²) in [5.74, 6) is 0. The third-order valence-corrected chi connectivity index (χ3v) is 4.28. The minimum absolute atomic E-state index is 0.317. The maximum absolute atomic E-state index is 10.4. The number of aliphatic hydroxyl groups is 1. The molecule has 0 amide bonds. The van der Waals surface area contributed by atoms with Gasteiger partial charge < -0.3 is 9.84 Å². The number of rotatable bonds is 4. The molecule has 1 aromatic carbocycles. The van der Waals surface area contributed by atoms with Gasteiger partial charge in [-0.25, -0.2) is 0 Å². The summed E-state index contributed by atoms with van der Waals surface area (Å²) >= 11 is 3.45. The first-order valence-electron chi connectivity index (χ1n) is 6.14. The van der Waals surface area contributed by atoms with Crippen molar-refractivity contribution in [2.75, 3.05) is 7.11 Å². The van der Waals surface area contributed by atoms with E-state index in [9.17, 15) is 5.11 Å². The van der Waals surface area contributed by atoms with Gasteiger partial charge in [0.05, 0.1) is 11.7 Å². The number of halogens is 1. The third-order valence-electron chi connectivity index (χ3n) is 3.78. The van der Waals surface area contributed by atoms with Crippen LogP contribution in [-0.4, -0.2) is 23.9 Å². The van der Waals surface area contributed by atoms with Crippen molar-refractivity contribution in [1.29, 1.82) is 0 Å². The lowest BCUT2D eigenvalue weighted by molar-refractivity contribution is -0.0971. The van der Waals surface area contributed by atoms with E-state index in [1.165, 1.54) is 0 Å². The first-order valence-corrected chi connectivity index (χ1v) is 6.93. The molecule has 1 aliphatic rings. The van der Waals surface area contributed by atoms with Crippen LogP contribution in [0.2, 0.25) is 0 Å². The van der Waals surface area contributed by atoms with E-state index in [0.717, 1.165) is 35.7 Å². The molecule has 0 heterocycles. The van der Waals surface area contributed by atoms with Gasteiger partial charge in [-0.1, -0.05) is 40.9 Å². The van der Waals surface area contributed by atoms with E-state index in [0.29, 0.717) is 6.42 Å². The number of methoxy groups -OCH3 is 1. The predicted molar refractivity (Wildman–Crippen MR) is 72.1 cm³/mol. The van der Waals surface area contributed by atoms with Gasteiger partial charge in [-0.05, 0) is 30.5 Å². The molecule has 1 aromatic rings. The van der Waals surface area contributed by atoms with Crippen molar-refractivity contribution in [3.05, 3.63) is 34.3 Å². The van der Waals surface area contributed by atoms with Crippen LogP contribution >= 0.6 is 15.9 Å². The van der Waals surface area contributed by atoms with Gasteiger partial charge >= 0.3 is 0 Å². The zero-order chi connectivity index (χ0) is 12.3. The van der Waals surface area contributed by atoms with Crippen molar-refractivity contribution in [2.45, 2.75) is 43.8 Å². The Hall–Kier alpha value is -0.380. The summed E-state index contributed by atoms with van der Waals surface area (Å²) in [6.45, 7) is 0. The highest BCUT2D eigenvalue weighted by Crippen LogP contribution is 2.36. The van der Waals surface area contributed by atoms with Crippen LogP contribution in [0.1, 0.15) is 31.2 Å². The first-order chi connectivity index (χ1) is 8.16. The molecule has 1 unspecified atom stereocenters. The predicted octanol–water partition coefficient (Wildman–Crippen LogP) is 3.31. The van der Waals surface area contributed by atoms with Crippen LogP contribution < -0.4 is 0 Å². The van der Waals surface area contributed by atoms with Gasteiger partial charge in [0, 0.05) is 18.0 Å². The molecule has 2 nitrogen and oxygen atoms in total. The smallest absolute Gasteiger partial charge is 0.0939 e. The second-order valence-corrected chi connectivity index (χ2v) is 5.74. The Bertz CT molecular complexity index is 372. The number of hydrogen-bond acceptors (Lipinski definition) is 2. The summed E-state index contributed by atoms with van der Waals surface area (Å²) in [7, 11) is 1.72. The Morgan fingerprint density at radius 3 is 2.71 bits per heavy atom. The Morgan fingerprint density at radius 2 is 2.12 bits per heavy atom. The summed E-state index contributed by atoms with van der Waals surface area (Å²) in [5, 5.41) is 10.4. The lowest BCUT2D eigenvalue weighted by Gasteiger charge is -2.33. The Balaban J connectivity index is 2.07. The number of ether oxygens (including phenoxy) is 1. The molecule has 94 valence electrons. The SMILES string of the molecule is COC1(C(O)Cc2cccc(Br)c2)CCCC1. The normalized spacial score (nSPS) is 20.4. The lowest BCUT2D eigenvalue weighted by Crippen LogP contribution is -2.42. The van der Waals surface area contributed by atoms with Gasteiger partial charge in [0.2, 0.25) is 0 Å². The van der Waals surface area contributed by atoms with Crippen molar-refractivity contribution < 1.29 is 9.84 Å². The van der Waals surface area contributed by atoms with Crippen LogP contribution in [0, 0.1) is 0 Å². The second kappa shape index (κ2) is 5.51. The van der Waals surface area contributed by atoms with Crippen LogP contribution in [-0.2, 0) is 11.2 Å². The van der Waals surface area contributed by atoms with E-state index < -0.39 is 6.10 Å². The minimum atomic E-state index is -0.413. The molecule has 0 bridgehead atoms. The van der Waals surface area contributed by atoms with Crippen LogP contribution in [0.4, 0.5) is 0 Å². The molecular weight excluding hydrogens is 280 g/mol. The molecular formula is C14H19BrO2. The van der Waals surface area contributed by atoms with E-state index in [1.54, 1.807) is 7.11 Å². The molecule has 0 spiro atoms. The Kier molecular flexibility index (Phi) is 4.23. The molecule has 1 atom stereocenters. The number of hydrogen-bond donors (Lipinski definition) is 1. The van der Waals surface area contributed by atoms with E-state index in [4.69, 9.17) is 4.74 Å². The zero-order valence-corrected chi connectivity index (χ0v) is 11.7. The molecule has 1 fully saturated rings. The van der Waals surface area contributed by atoms with Crippen molar-refractivity contribution in [3.63, 3.8) is 0 Å². The topological polar surface area (TPSA) is 29.5 Å². The summed E-state index contributed by atoms with van der Waals surface area (Å²) in [4.78, 5) is 0. The fourth-order valence-corrected chi connectivity index (χ4v) is 3.17. The van der Waals surface area contributed by atoms with Gasteiger partial charge in [-0.15, -0.1) is 0 Å². The standard InChI is InChI=1S/C14H19BrO2/c1-17-14(7-2-3-8-14)13(16)10-11-5-4-6-12(15)9-11/h4-6,9,13,16H,2-3,7-8,10H2,1H3. The quantitative estimate of drug-likeness (QED) is 0.924. The van der Waals surface area contributed by atoms with E-state index in [-0.39, 0.29) is 5.60 Å². The lowest BCUT2D eigenvalue weighted by atomic mass is 9.90. The maximum atomic E-state index is 10.4. The number of aliphatic hydroxyl groups excluding tert-OH is 1. The average molecular weight is 299 g/mol. The van der Waals surface area contributed by atoms with E-state index in [2.05, 4.69) is 22.0 Å². The largest absolute Gasteiger partial charge is 0.390 e. The molecule has 3 heteroatoms. The van der Waals surface area contributed by atoms with Crippen LogP contribution in [0.5, 0.6) is 0 Å². The fourth-order valence-electron chi connectivity index (χ4n) is 2.72. The van der Waals surface area contributed by atoms with Crippen LogP contribution in [0.3, 0.4) is 0 Å². The molecule has 17 heavy (non-hydrogen) atoms. The molecule has 1 N–H and O–H groups in total. The summed E-state index contributed by atoms with van der Waals surface area (Å²) in [6, 6.07) is 8.10. The molecule has 0 aliphatic heterocycles. The highest BCUT2D eigenvalue weighted by molar-refractivity contribution is 9.10. The molecule has 2 rings (SSSR count). The van der Waals surface area contributed by atoms with Gasteiger partial charge in [0.1, 0.15) is 0 Å². The zero-order valence-electron chi connectivity index (χ0n) is 10.2. The third kappa shape index (κ3) is 2.90. The second-order valence-electron chi connectivity index (χ2n) is 4.83. The summed E-state index contributed by atoms with van der Waals surface area (Å²) < 4.78 is 6.66. The Labute approximate surface area is 111 Å². The molecule has 0 aromatic heterocycles. The van der Waals surface area contributed by atoms with Crippen LogP contribution in [0.15, 0.2) is 28.7 Å². The molecule has 1 aliphatic carbocycles. The summed E-state index contributed by atoms with van der Waals surface area (Å²) in [6.07, 6.45) is 4.50. The van der Waals surface area contributed by atoms with Crippen molar-refractivity contribution in [1.82, 2.24) is 0 Å². The molecule has 0 radical (unpaired) electrons. The Morgan fingerprint density at radius 1 is 1.41 bits per heavy atom. The van der Waals surface area contributed by atoms with E-state index in [1.807, 2.05) is 18.2 Å². The van der Waals surface area contributed by atoms with Crippen molar-refractivity contribution >= 4 is 15.9 Å². The van der Waals surface area contributed by atoms with Gasteiger partial charge in [-0.3, -0.25) is 0 Å². The number of benzene rings is 1. The first kappa shape index (κ1) is 13.1. The average Bonchev–Trinajstić information content (AvgIpc) is 2.78. The monoisotopic (exact) mass is 298 g/mol. The van der Waals surface area contributed by atoms with Gasteiger partial charge in [0.15, 0.2) is 0 Å². The van der Waals surface area contributed by atoms with Crippen LogP contribution in [0.25, 0.3) is 0 Å². The van der Waals surface area contributed by atoms with Crippen molar-refractivity contribution in [2.24, 2.45) is 0 Å². The minimum Gasteiger partial charge on any atom is -0.390 e. The van der Waals surface area contributed by atoms with Gasteiger partial charge in [-0.2, -0.15) is 0 Å². The fraction of sp³-hybridized carbons (Fsp3) is 0.571. The van der Waals surface area contributed by atoms with E-state index >= 15 is 0 Å². The maximum Gasteiger partial charge on any atom is 0.0939 e. The van der Waals surface area contributed by atoms with Gasteiger partial charge in [0.25, 0.3) is 0 Å². The van der Waals surface area contributed by atoms with Crippen molar-refractivity contribution in [3.8, 4) is 0 Å². The summed E-state index contributed by atoms with van der Waals surface area (Å²) in [5.41, 5.74) is 0.831. The highest BCUT2D eigenvalue weighted by atomic mass is 79.9.